The molecule has 0 aromatic heterocycles. The SMILES string of the molecule is CCCOc1cccc2c1OC(C)(C)CC2=O. The molecule has 0 saturated carbocycles. The van der Waals surface area contributed by atoms with Crippen LogP contribution in [0.15, 0.2) is 18.2 Å². The highest BCUT2D eigenvalue weighted by Crippen LogP contribution is 2.39. The second kappa shape index (κ2) is 4.40. The lowest BCUT2D eigenvalue weighted by atomic mass is 9.93. The van der Waals surface area contributed by atoms with Crippen LogP contribution in [0.25, 0.3) is 0 Å². The van der Waals surface area contributed by atoms with Gasteiger partial charge in [0.15, 0.2) is 17.3 Å². The number of benzene rings is 1. The van der Waals surface area contributed by atoms with Crippen molar-refractivity contribution >= 4 is 5.78 Å². The molecule has 0 fully saturated rings. The van der Waals surface area contributed by atoms with E-state index in [0.29, 0.717) is 30.1 Å². The molecule has 0 amide bonds. The van der Waals surface area contributed by atoms with Crippen molar-refractivity contribution in [2.24, 2.45) is 0 Å². The van der Waals surface area contributed by atoms with Crippen molar-refractivity contribution in [3.05, 3.63) is 23.8 Å². The minimum Gasteiger partial charge on any atom is -0.490 e. The van der Waals surface area contributed by atoms with E-state index in [-0.39, 0.29) is 5.78 Å². The van der Waals surface area contributed by atoms with Gasteiger partial charge in [0, 0.05) is 0 Å². The molecule has 0 aliphatic carbocycles. The first-order chi connectivity index (χ1) is 8.03. The second-order valence-electron chi connectivity index (χ2n) is 4.94. The van der Waals surface area contributed by atoms with Gasteiger partial charge in [-0.2, -0.15) is 0 Å². The van der Waals surface area contributed by atoms with Crippen molar-refractivity contribution in [3.8, 4) is 11.5 Å². The normalized spacial score (nSPS) is 17.2. The molecule has 1 aromatic carbocycles. The second-order valence-corrected chi connectivity index (χ2v) is 4.94. The molecule has 3 nitrogen and oxygen atoms in total. The van der Waals surface area contributed by atoms with Gasteiger partial charge < -0.3 is 9.47 Å². The van der Waals surface area contributed by atoms with E-state index in [1.165, 1.54) is 0 Å². The van der Waals surface area contributed by atoms with Crippen LogP contribution in [0, 0.1) is 0 Å². The first-order valence-electron chi connectivity index (χ1n) is 6.01. The molecule has 0 unspecified atom stereocenters. The number of fused-ring (bicyclic) bond motifs is 1. The molecule has 1 aliphatic heterocycles. The van der Waals surface area contributed by atoms with Crippen molar-refractivity contribution in [1.29, 1.82) is 0 Å². The molecule has 0 radical (unpaired) electrons. The standard InChI is InChI=1S/C14H18O3/c1-4-8-16-12-7-5-6-10-11(15)9-14(2,3)17-13(10)12/h5-7H,4,8-9H2,1-3H3. The third-order valence-corrected chi connectivity index (χ3v) is 2.71. The van der Waals surface area contributed by atoms with Crippen LogP contribution < -0.4 is 9.47 Å². The number of Topliss-reactive ketones (excluding diaryl/α,β-unsaturated/α-hetero) is 1. The zero-order valence-electron chi connectivity index (χ0n) is 10.6. The largest absolute Gasteiger partial charge is 0.490 e. The van der Waals surface area contributed by atoms with Gasteiger partial charge in [0.25, 0.3) is 0 Å². The average molecular weight is 234 g/mol. The monoisotopic (exact) mass is 234 g/mol. The summed E-state index contributed by atoms with van der Waals surface area (Å²) in [5.74, 6) is 1.39. The number of carbonyl (C=O) groups is 1. The fraction of sp³-hybridized carbons (Fsp3) is 0.500. The molecule has 0 saturated heterocycles. The van der Waals surface area contributed by atoms with E-state index in [2.05, 4.69) is 0 Å². The Morgan fingerprint density at radius 3 is 2.88 bits per heavy atom. The summed E-state index contributed by atoms with van der Waals surface area (Å²) in [4.78, 5) is 12.0. The van der Waals surface area contributed by atoms with Crippen LogP contribution >= 0.6 is 0 Å². The van der Waals surface area contributed by atoms with Gasteiger partial charge in [-0.3, -0.25) is 4.79 Å². The van der Waals surface area contributed by atoms with Crippen LogP contribution in [0.1, 0.15) is 44.0 Å². The van der Waals surface area contributed by atoms with E-state index in [9.17, 15) is 4.79 Å². The number of ether oxygens (including phenoxy) is 2. The van der Waals surface area contributed by atoms with Crippen molar-refractivity contribution in [3.63, 3.8) is 0 Å². The summed E-state index contributed by atoms with van der Waals surface area (Å²) in [6.45, 7) is 6.52. The van der Waals surface area contributed by atoms with Gasteiger partial charge >= 0.3 is 0 Å². The van der Waals surface area contributed by atoms with Crippen molar-refractivity contribution in [1.82, 2.24) is 0 Å². The molecule has 17 heavy (non-hydrogen) atoms. The lowest BCUT2D eigenvalue weighted by Crippen LogP contribution is -2.36. The lowest BCUT2D eigenvalue weighted by molar-refractivity contribution is 0.0595. The highest BCUT2D eigenvalue weighted by atomic mass is 16.5. The third-order valence-electron chi connectivity index (χ3n) is 2.71. The molecule has 3 heteroatoms. The molecule has 0 bridgehead atoms. The Morgan fingerprint density at radius 1 is 1.41 bits per heavy atom. The summed E-state index contributed by atoms with van der Waals surface area (Å²) >= 11 is 0. The summed E-state index contributed by atoms with van der Waals surface area (Å²) in [5, 5.41) is 0. The fourth-order valence-electron chi connectivity index (χ4n) is 1.96. The van der Waals surface area contributed by atoms with E-state index in [1.54, 1.807) is 6.07 Å². The first kappa shape index (κ1) is 12.0. The predicted molar refractivity (Wildman–Crippen MR) is 65.9 cm³/mol. The number of ketones is 1. The highest BCUT2D eigenvalue weighted by molar-refractivity contribution is 6.01. The maximum atomic E-state index is 12.0. The first-order valence-corrected chi connectivity index (χ1v) is 6.01. The van der Waals surface area contributed by atoms with Crippen LogP contribution in [0.4, 0.5) is 0 Å². The van der Waals surface area contributed by atoms with Crippen molar-refractivity contribution in [2.75, 3.05) is 6.61 Å². The molecule has 1 aromatic rings. The van der Waals surface area contributed by atoms with Crippen LogP contribution in [0.5, 0.6) is 11.5 Å². The van der Waals surface area contributed by atoms with Crippen LogP contribution in [0.2, 0.25) is 0 Å². The van der Waals surface area contributed by atoms with Crippen molar-refractivity contribution in [2.45, 2.75) is 39.2 Å². The quantitative estimate of drug-likeness (QED) is 0.805. The number of hydrogen-bond acceptors (Lipinski definition) is 3. The Labute approximate surface area is 102 Å². The van der Waals surface area contributed by atoms with E-state index >= 15 is 0 Å². The Balaban J connectivity index is 2.38. The summed E-state index contributed by atoms with van der Waals surface area (Å²) in [6.07, 6.45) is 1.35. The van der Waals surface area contributed by atoms with Gasteiger partial charge in [-0.25, -0.2) is 0 Å². The van der Waals surface area contributed by atoms with E-state index in [0.717, 1.165) is 6.42 Å². The Kier molecular flexibility index (Phi) is 3.09. The maximum absolute atomic E-state index is 12.0. The Bertz CT molecular complexity index is 435. The number of rotatable bonds is 3. The summed E-state index contributed by atoms with van der Waals surface area (Å²) < 4.78 is 11.5. The minimum absolute atomic E-state index is 0.123. The third kappa shape index (κ3) is 2.43. The summed E-state index contributed by atoms with van der Waals surface area (Å²) in [7, 11) is 0. The maximum Gasteiger partial charge on any atom is 0.172 e. The Hall–Kier alpha value is -1.51. The lowest BCUT2D eigenvalue weighted by Gasteiger charge is -2.32. The van der Waals surface area contributed by atoms with E-state index in [4.69, 9.17) is 9.47 Å². The van der Waals surface area contributed by atoms with Gasteiger partial charge in [0.1, 0.15) is 5.60 Å². The molecular formula is C14H18O3. The molecule has 0 N–H and O–H groups in total. The van der Waals surface area contributed by atoms with Gasteiger partial charge in [0.2, 0.25) is 0 Å². The predicted octanol–water partition coefficient (Wildman–Crippen LogP) is 3.22. The number of carbonyl (C=O) groups excluding carboxylic acids is 1. The van der Waals surface area contributed by atoms with Crippen LogP contribution in [-0.4, -0.2) is 18.0 Å². The smallest absolute Gasteiger partial charge is 0.172 e. The van der Waals surface area contributed by atoms with E-state index < -0.39 is 5.60 Å². The summed E-state index contributed by atoms with van der Waals surface area (Å²) in [6, 6.07) is 5.48. The van der Waals surface area contributed by atoms with Crippen molar-refractivity contribution < 1.29 is 14.3 Å². The van der Waals surface area contributed by atoms with E-state index in [1.807, 2.05) is 32.9 Å². The van der Waals surface area contributed by atoms with Gasteiger partial charge in [-0.15, -0.1) is 0 Å². The topological polar surface area (TPSA) is 35.5 Å². The molecular weight excluding hydrogens is 216 g/mol. The minimum atomic E-state index is -0.449. The number of para-hydroxylation sites is 1. The molecule has 92 valence electrons. The molecule has 1 heterocycles. The summed E-state index contributed by atoms with van der Waals surface area (Å²) in [5.41, 5.74) is 0.188. The van der Waals surface area contributed by atoms with Crippen LogP contribution in [0.3, 0.4) is 0 Å². The molecule has 1 aliphatic rings. The average Bonchev–Trinajstić information content (AvgIpc) is 2.25. The Morgan fingerprint density at radius 2 is 2.18 bits per heavy atom. The van der Waals surface area contributed by atoms with Gasteiger partial charge in [0.05, 0.1) is 18.6 Å². The zero-order chi connectivity index (χ0) is 12.5. The number of hydrogen-bond donors (Lipinski definition) is 0. The molecule has 2 rings (SSSR count). The zero-order valence-corrected chi connectivity index (χ0v) is 10.6. The fourth-order valence-corrected chi connectivity index (χ4v) is 1.96. The van der Waals surface area contributed by atoms with Gasteiger partial charge in [-0.1, -0.05) is 13.0 Å². The molecule has 0 spiro atoms. The highest BCUT2D eigenvalue weighted by Gasteiger charge is 2.34. The van der Waals surface area contributed by atoms with Gasteiger partial charge in [-0.05, 0) is 32.4 Å². The van der Waals surface area contributed by atoms with Crippen LogP contribution in [-0.2, 0) is 0 Å². The molecule has 0 atom stereocenters.